The molecule has 0 saturated carbocycles. The lowest BCUT2D eigenvalue weighted by atomic mass is 10.1. The van der Waals surface area contributed by atoms with Crippen LogP contribution in [0.15, 0.2) is 47.9 Å². The van der Waals surface area contributed by atoms with Gasteiger partial charge in [0.1, 0.15) is 0 Å². The number of hydrogen-bond donors (Lipinski definition) is 1. The van der Waals surface area contributed by atoms with Gasteiger partial charge in [0.15, 0.2) is 5.16 Å². The predicted molar refractivity (Wildman–Crippen MR) is 81.2 cm³/mol. The molecule has 0 aliphatic rings. The minimum absolute atomic E-state index is 0.320. The van der Waals surface area contributed by atoms with Crippen LogP contribution in [-0.4, -0.2) is 28.0 Å². The number of H-pyrrole nitrogens is 1. The van der Waals surface area contributed by atoms with Crippen LogP contribution in [0.1, 0.15) is 15.9 Å². The number of nitrogens with zero attached hydrogens (tertiary/aromatic N) is 2. The van der Waals surface area contributed by atoms with Crippen molar-refractivity contribution >= 4 is 28.8 Å². The summed E-state index contributed by atoms with van der Waals surface area (Å²) in [5, 5.41) is 0.857. The van der Waals surface area contributed by atoms with Crippen LogP contribution in [0.5, 0.6) is 0 Å². The number of aromatic amines is 1. The van der Waals surface area contributed by atoms with Crippen molar-refractivity contribution in [2.75, 3.05) is 7.11 Å². The van der Waals surface area contributed by atoms with Crippen molar-refractivity contribution in [3.05, 3.63) is 53.9 Å². The van der Waals surface area contributed by atoms with Gasteiger partial charge in [-0.2, -0.15) is 0 Å². The van der Waals surface area contributed by atoms with Crippen molar-refractivity contribution in [3.8, 4) is 0 Å². The standard InChI is InChI=1S/C15H13N3O2S/c1-20-14(19)11-4-2-10(3-5-11)9-21-15-17-12-6-7-16-8-13(12)18-15/h2-8H,9H2,1H3,(H,17,18). The Hall–Kier alpha value is -2.34. The van der Waals surface area contributed by atoms with Crippen molar-refractivity contribution in [2.24, 2.45) is 0 Å². The maximum Gasteiger partial charge on any atom is 0.337 e. The van der Waals surface area contributed by atoms with Gasteiger partial charge in [-0.25, -0.2) is 9.78 Å². The number of ether oxygens (including phenoxy) is 1. The van der Waals surface area contributed by atoms with Gasteiger partial charge in [-0.1, -0.05) is 23.9 Å². The van der Waals surface area contributed by atoms with E-state index in [1.54, 1.807) is 36.3 Å². The van der Waals surface area contributed by atoms with Gasteiger partial charge in [0, 0.05) is 11.9 Å². The molecule has 0 amide bonds. The van der Waals surface area contributed by atoms with Crippen molar-refractivity contribution in [1.29, 1.82) is 0 Å². The summed E-state index contributed by atoms with van der Waals surface area (Å²) in [4.78, 5) is 23.1. The third-order valence-electron chi connectivity index (χ3n) is 3.01. The van der Waals surface area contributed by atoms with E-state index < -0.39 is 0 Å². The molecule has 0 saturated heterocycles. The zero-order valence-electron chi connectivity index (χ0n) is 11.4. The van der Waals surface area contributed by atoms with E-state index in [-0.39, 0.29) is 5.97 Å². The fourth-order valence-corrected chi connectivity index (χ4v) is 2.75. The Morgan fingerprint density at radius 1 is 1.29 bits per heavy atom. The van der Waals surface area contributed by atoms with Crippen LogP contribution in [0.25, 0.3) is 11.0 Å². The summed E-state index contributed by atoms with van der Waals surface area (Å²) in [6, 6.07) is 9.25. The summed E-state index contributed by atoms with van der Waals surface area (Å²) in [7, 11) is 1.38. The smallest absolute Gasteiger partial charge is 0.337 e. The highest BCUT2D eigenvalue weighted by Crippen LogP contribution is 2.22. The molecule has 3 aromatic rings. The molecule has 2 aromatic heterocycles. The zero-order valence-corrected chi connectivity index (χ0v) is 12.2. The summed E-state index contributed by atoms with van der Waals surface area (Å²) in [5.41, 5.74) is 3.52. The lowest BCUT2D eigenvalue weighted by molar-refractivity contribution is 0.0600. The van der Waals surface area contributed by atoms with Crippen LogP contribution in [0, 0.1) is 0 Å². The highest BCUT2D eigenvalue weighted by Gasteiger charge is 2.06. The van der Waals surface area contributed by atoms with Crippen molar-refractivity contribution in [3.63, 3.8) is 0 Å². The molecule has 6 heteroatoms. The van der Waals surface area contributed by atoms with E-state index in [0.29, 0.717) is 5.56 Å². The molecule has 1 N–H and O–H groups in total. The summed E-state index contributed by atoms with van der Waals surface area (Å²) >= 11 is 1.61. The minimum Gasteiger partial charge on any atom is -0.465 e. The second kappa shape index (κ2) is 5.97. The molecule has 0 atom stereocenters. The molecule has 0 radical (unpaired) electrons. The molecule has 0 spiro atoms. The second-order valence-electron chi connectivity index (χ2n) is 4.41. The van der Waals surface area contributed by atoms with Gasteiger partial charge in [-0.15, -0.1) is 0 Å². The first-order valence-electron chi connectivity index (χ1n) is 6.36. The molecule has 0 unspecified atom stereocenters. The van der Waals surface area contributed by atoms with E-state index in [2.05, 4.69) is 19.7 Å². The number of thioether (sulfide) groups is 1. The molecular formula is C15H13N3O2S. The van der Waals surface area contributed by atoms with Crippen LogP contribution < -0.4 is 0 Å². The van der Waals surface area contributed by atoms with E-state index in [4.69, 9.17) is 0 Å². The number of fused-ring (bicyclic) bond motifs is 1. The quantitative estimate of drug-likeness (QED) is 0.592. The molecule has 0 aliphatic heterocycles. The third kappa shape index (κ3) is 3.05. The average Bonchev–Trinajstić information content (AvgIpc) is 2.95. The normalized spacial score (nSPS) is 10.7. The number of carbonyl (C=O) groups excluding carboxylic acids is 1. The molecule has 1 aromatic carbocycles. The first-order chi connectivity index (χ1) is 10.3. The topological polar surface area (TPSA) is 67.9 Å². The van der Waals surface area contributed by atoms with Crippen LogP contribution in [0.2, 0.25) is 0 Å². The fraction of sp³-hybridized carbons (Fsp3) is 0.133. The minimum atomic E-state index is -0.320. The molecule has 2 heterocycles. The zero-order chi connectivity index (χ0) is 14.7. The number of nitrogens with one attached hydrogen (secondary N) is 1. The second-order valence-corrected chi connectivity index (χ2v) is 5.38. The largest absolute Gasteiger partial charge is 0.465 e. The Balaban J connectivity index is 1.68. The Bertz CT molecular complexity index is 735. The number of aromatic nitrogens is 3. The van der Waals surface area contributed by atoms with Gasteiger partial charge in [0.05, 0.1) is 29.9 Å². The number of rotatable bonds is 4. The van der Waals surface area contributed by atoms with Gasteiger partial charge in [-0.3, -0.25) is 4.98 Å². The van der Waals surface area contributed by atoms with Gasteiger partial charge in [-0.05, 0) is 23.8 Å². The maximum atomic E-state index is 11.4. The van der Waals surface area contributed by atoms with Crippen LogP contribution in [-0.2, 0) is 10.5 Å². The maximum absolute atomic E-state index is 11.4. The Kier molecular flexibility index (Phi) is 3.87. The molecule has 106 valence electrons. The lowest BCUT2D eigenvalue weighted by Crippen LogP contribution is -2.00. The molecule has 5 nitrogen and oxygen atoms in total. The van der Waals surface area contributed by atoms with Crippen LogP contribution >= 0.6 is 11.8 Å². The number of benzene rings is 1. The Labute approximate surface area is 125 Å². The van der Waals surface area contributed by atoms with Gasteiger partial charge >= 0.3 is 5.97 Å². The van der Waals surface area contributed by atoms with Gasteiger partial charge < -0.3 is 9.72 Å². The Morgan fingerprint density at radius 2 is 2.10 bits per heavy atom. The average molecular weight is 299 g/mol. The van der Waals surface area contributed by atoms with E-state index in [0.717, 1.165) is 27.5 Å². The van der Waals surface area contributed by atoms with Crippen molar-refractivity contribution < 1.29 is 9.53 Å². The van der Waals surface area contributed by atoms with Crippen LogP contribution in [0.4, 0.5) is 0 Å². The fourth-order valence-electron chi connectivity index (χ4n) is 1.91. The highest BCUT2D eigenvalue weighted by molar-refractivity contribution is 7.98. The monoisotopic (exact) mass is 299 g/mol. The van der Waals surface area contributed by atoms with Gasteiger partial charge in [0.25, 0.3) is 0 Å². The number of pyridine rings is 1. The SMILES string of the molecule is COC(=O)c1ccc(CSc2nc3ccncc3[nH]2)cc1. The molecule has 0 aliphatic carbocycles. The summed E-state index contributed by atoms with van der Waals surface area (Å²) < 4.78 is 4.67. The number of methoxy groups -OCH3 is 1. The summed E-state index contributed by atoms with van der Waals surface area (Å²) in [6.07, 6.45) is 3.49. The van der Waals surface area contributed by atoms with Gasteiger partial charge in [0.2, 0.25) is 0 Å². The number of carbonyl (C=O) groups is 1. The number of esters is 1. The molecule has 0 fully saturated rings. The van der Waals surface area contributed by atoms with E-state index in [1.807, 2.05) is 18.2 Å². The summed E-state index contributed by atoms with van der Waals surface area (Å²) in [6.45, 7) is 0. The van der Waals surface area contributed by atoms with E-state index >= 15 is 0 Å². The molecule has 0 bridgehead atoms. The first kappa shape index (κ1) is 13.6. The molecule has 3 rings (SSSR count). The van der Waals surface area contributed by atoms with Crippen molar-refractivity contribution in [1.82, 2.24) is 15.0 Å². The molecule has 21 heavy (non-hydrogen) atoms. The lowest BCUT2D eigenvalue weighted by Gasteiger charge is -2.02. The van der Waals surface area contributed by atoms with Crippen LogP contribution in [0.3, 0.4) is 0 Å². The summed E-state index contributed by atoms with van der Waals surface area (Å²) in [5.74, 6) is 0.452. The Morgan fingerprint density at radius 3 is 2.81 bits per heavy atom. The number of hydrogen-bond acceptors (Lipinski definition) is 5. The first-order valence-corrected chi connectivity index (χ1v) is 7.34. The van der Waals surface area contributed by atoms with Crippen molar-refractivity contribution in [2.45, 2.75) is 10.9 Å². The van der Waals surface area contributed by atoms with E-state index in [9.17, 15) is 4.79 Å². The molecular weight excluding hydrogens is 286 g/mol. The number of imidazole rings is 1. The predicted octanol–water partition coefficient (Wildman–Crippen LogP) is 3.04. The highest BCUT2D eigenvalue weighted by atomic mass is 32.2. The third-order valence-corrected chi connectivity index (χ3v) is 3.96. The van der Waals surface area contributed by atoms with E-state index in [1.165, 1.54) is 7.11 Å².